The number of benzene rings is 2. The predicted molar refractivity (Wildman–Crippen MR) is 112 cm³/mol. The minimum absolute atomic E-state index is 0.442. The van der Waals surface area contributed by atoms with Crippen LogP contribution in [0.3, 0.4) is 0 Å². The lowest BCUT2D eigenvalue weighted by Gasteiger charge is -2.18. The summed E-state index contributed by atoms with van der Waals surface area (Å²) in [6.07, 6.45) is 8.11. The number of carbonyl (C=O) groups is 1. The summed E-state index contributed by atoms with van der Waals surface area (Å²) in [5.41, 5.74) is 1.03. The third-order valence-electron chi connectivity index (χ3n) is 5.19. The molecule has 1 aromatic heterocycles. The number of rotatable bonds is 4. The van der Waals surface area contributed by atoms with Gasteiger partial charge in [-0.2, -0.15) is 0 Å². The van der Waals surface area contributed by atoms with Crippen molar-refractivity contribution < 1.29 is 18.0 Å². The van der Waals surface area contributed by atoms with E-state index in [1.54, 1.807) is 23.5 Å². The first-order valence-corrected chi connectivity index (χ1v) is 10.6. The monoisotopic (exact) mass is 431 g/mol. The number of halogens is 3. The fraction of sp³-hybridized carbons (Fsp3) is 0.273. The minimum atomic E-state index is -1.63. The van der Waals surface area contributed by atoms with E-state index in [-0.39, 0.29) is 0 Å². The molecule has 0 saturated heterocycles. The number of nitrogens with zero attached hydrogens (tertiary/aromatic N) is 1. The Balaban J connectivity index is 1.40. The molecule has 0 unspecified atom stereocenters. The number of carbonyl (C=O) groups excluding carboxylic acids is 1. The lowest BCUT2D eigenvalue weighted by Crippen LogP contribution is -2.20. The highest BCUT2D eigenvalue weighted by Gasteiger charge is 2.19. The normalized spacial score (nSPS) is 14.5. The van der Waals surface area contributed by atoms with Gasteiger partial charge < -0.3 is 10.6 Å². The molecule has 1 heterocycles. The van der Waals surface area contributed by atoms with Gasteiger partial charge in [-0.1, -0.05) is 31.4 Å². The predicted octanol–water partition coefficient (Wildman–Crippen LogP) is 6.92. The fourth-order valence-corrected chi connectivity index (χ4v) is 4.68. The van der Waals surface area contributed by atoms with E-state index in [1.165, 1.54) is 37.1 Å². The minimum Gasteiger partial charge on any atom is -0.308 e. The molecule has 0 radical (unpaired) electrons. The summed E-state index contributed by atoms with van der Waals surface area (Å²) in [4.78, 5) is 17.7. The largest absolute Gasteiger partial charge is 0.323 e. The summed E-state index contributed by atoms with van der Waals surface area (Å²) in [5.74, 6) is -3.84. The number of aromatic nitrogens is 1. The standard InChI is InChI=1S/C22H20F3N3OS/c23-16-10-11-17(20(25)19(16)24)28-22(29)27-15-8-6-13(7-9-15)18-12-26-21(30-18)14-4-2-1-3-5-14/h6-12,14H,1-5H2,(H2,27,28,29). The second kappa shape index (κ2) is 8.87. The van der Waals surface area contributed by atoms with E-state index in [4.69, 9.17) is 0 Å². The van der Waals surface area contributed by atoms with Crippen molar-refractivity contribution in [1.82, 2.24) is 4.98 Å². The van der Waals surface area contributed by atoms with Gasteiger partial charge in [-0.15, -0.1) is 11.3 Å². The summed E-state index contributed by atoms with van der Waals surface area (Å²) < 4.78 is 39.9. The van der Waals surface area contributed by atoms with Crippen molar-refractivity contribution in [1.29, 1.82) is 0 Å². The molecule has 0 bridgehead atoms. The molecule has 4 nitrogen and oxygen atoms in total. The first kappa shape index (κ1) is 20.4. The number of hydrogen-bond acceptors (Lipinski definition) is 3. The van der Waals surface area contributed by atoms with Crippen LogP contribution < -0.4 is 10.6 Å². The van der Waals surface area contributed by atoms with Crippen molar-refractivity contribution in [2.24, 2.45) is 0 Å². The number of urea groups is 1. The van der Waals surface area contributed by atoms with Gasteiger partial charge in [-0.25, -0.2) is 22.9 Å². The molecule has 8 heteroatoms. The Morgan fingerprint density at radius 1 is 0.933 bits per heavy atom. The van der Waals surface area contributed by atoms with Crippen LogP contribution in [0.2, 0.25) is 0 Å². The molecule has 156 valence electrons. The molecule has 1 saturated carbocycles. The molecule has 0 aliphatic heterocycles. The van der Waals surface area contributed by atoms with E-state index in [1.807, 2.05) is 18.3 Å². The van der Waals surface area contributed by atoms with Crippen LogP contribution in [0, 0.1) is 17.5 Å². The van der Waals surface area contributed by atoms with Crippen LogP contribution in [0.5, 0.6) is 0 Å². The fourth-order valence-electron chi connectivity index (χ4n) is 3.58. The Hall–Kier alpha value is -2.87. The molecule has 1 aliphatic carbocycles. The Morgan fingerprint density at radius 3 is 2.40 bits per heavy atom. The highest BCUT2D eigenvalue weighted by atomic mass is 32.1. The maximum absolute atomic E-state index is 13.7. The molecule has 1 fully saturated rings. The zero-order chi connectivity index (χ0) is 21.1. The van der Waals surface area contributed by atoms with Crippen LogP contribution in [0.25, 0.3) is 10.4 Å². The van der Waals surface area contributed by atoms with E-state index in [0.29, 0.717) is 11.6 Å². The van der Waals surface area contributed by atoms with E-state index >= 15 is 0 Å². The molecule has 4 rings (SSSR count). The average molecular weight is 431 g/mol. The van der Waals surface area contributed by atoms with Crippen LogP contribution in [-0.2, 0) is 0 Å². The number of hydrogen-bond donors (Lipinski definition) is 2. The van der Waals surface area contributed by atoms with Crippen molar-refractivity contribution >= 4 is 28.7 Å². The van der Waals surface area contributed by atoms with Crippen molar-refractivity contribution in [2.75, 3.05) is 10.6 Å². The van der Waals surface area contributed by atoms with Crippen molar-refractivity contribution in [2.45, 2.75) is 38.0 Å². The highest BCUT2D eigenvalue weighted by molar-refractivity contribution is 7.15. The molecule has 30 heavy (non-hydrogen) atoms. The summed E-state index contributed by atoms with van der Waals surface area (Å²) in [6.45, 7) is 0. The Bertz CT molecular complexity index is 1050. The topological polar surface area (TPSA) is 54.0 Å². The third kappa shape index (κ3) is 4.48. The molecular formula is C22H20F3N3OS. The van der Waals surface area contributed by atoms with Crippen molar-refractivity contribution in [3.63, 3.8) is 0 Å². The smallest absolute Gasteiger partial charge is 0.308 e. The Morgan fingerprint density at radius 2 is 1.67 bits per heavy atom. The van der Waals surface area contributed by atoms with Crippen LogP contribution in [0.15, 0.2) is 42.6 Å². The first-order valence-electron chi connectivity index (χ1n) is 9.79. The SMILES string of the molecule is O=C(Nc1ccc(-c2cnc(C3CCCCC3)s2)cc1)Nc1ccc(F)c(F)c1F. The van der Waals surface area contributed by atoms with Crippen molar-refractivity contribution in [3.8, 4) is 10.4 Å². The summed E-state index contributed by atoms with van der Waals surface area (Å²) in [6, 6.07) is 8.12. The van der Waals surface area contributed by atoms with E-state index in [2.05, 4.69) is 15.6 Å². The lowest BCUT2D eigenvalue weighted by molar-refractivity contribution is 0.262. The van der Waals surface area contributed by atoms with Gasteiger partial charge in [-0.05, 0) is 42.7 Å². The zero-order valence-electron chi connectivity index (χ0n) is 16.1. The van der Waals surface area contributed by atoms with Gasteiger partial charge >= 0.3 is 6.03 Å². The number of thiazole rings is 1. The van der Waals surface area contributed by atoms with Crippen LogP contribution >= 0.6 is 11.3 Å². The number of anilines is 2. The molecule has 2 N–H and O–H groups in total. The van der Waals surface area contributed by atoms with E-state index in [9.17, 15) is 18.0 Å². The van der Waals surface area contributed by atoms with Crippen LogP contribution in [0.4, 0.5) is 29.3 Å². The first-order chi connectivity index (χ1) is 14.5. The maximum atomic E-state index is 13.7. The van der Waals surface area contributed by atoms with Gasteiger partial charge in [0.05, 0.1) is 15.6 Å². The Labute approximate surface area is 176 Å². The van der Waals surface area contributed by atoms with E-state index < -0.39 is 29.2 Å². The summed E-state index contributed by atoms with van der Waals surface area (Å²) >= 11 is 1.70. The van der Waals surface area contributed by atoms with Crippen LogP contribution in [0.1, 0.15) is 43.0 Å². The van der Waals surface area contributed by atoms with Gasteiger partial charge in [0.15, 0.2) is 17.5 Å². The Kier molecular flexibility index (Phi) is 6.03. The molecule has 0 spiro atoms. The molecule has 2 amide bonds. The van der Waals surface area contributed by atoms with Gasteiger partial charge in [-0.3, -0.25) is 0 Å². The average Bonchev–Trinajstić information content (AvgIpc) is 3.26. The molecule has 1 aliphatic rings. The summed E-state index contributed by atoms with van der Waals surface area (Å²) in [5, 5.41) is 5.90. The van der Waals surface area contributed by atoms with E-state index in [0.717, 1.165) is 22.6 Å². The zero-order valence-corrected chi connectivity index (χ0v) is 16.9. The highest BCUT2D eigenvalue weighted by Crippen LogP contribution is 2.37. The molecular weight excluding hydrogens is 411 g/mol. The third-order valence-corrected chi connectivity index (χ3v) is 6.40. The maximum Gasteiger partial charge on any atom is 0.323 e. The lowest BCUT2D eigenvalue weighted by atomic mass is 9.90. The number of nitrogens with one attached hydrogen (secondary N) is 2. The molecule has 0 atom stereocenters. The second-order valence-corrected chi connectivity index (χ2v) is 8.34. The quantitative estimate of drug-likeness (QED) is 0.441. The number of amides is 2. The summed E-state index contributed by atoms with van der Waals surface area (Å²) in [7, 11) is 0. The molecule has 2 aromatic carbocycles. The second-order valence-electron chi connectivity index (χ2n) is 7.28. The van der Waals surface area contributed by atoms with Gasteiger partial charge in [0.2, 0.25) is 0 Å². The van der Waals surface area contributed by atoms with Crippen LogP contribution in [-0.4, -0.2) is 11.0 Å². The van der Waals surface area contributed by atoms with Gasteiger partial charge in [0, 0.05) is 17.8 Å². The van der Waals surface area contributed by atoms with Gasteiger partial charge in [0.1, 0.15) is 0 Å². The van der Waals surface area contributed by atoms with Crippen molar-refractivity contribution in [3.05, 3.63) is 65.1 Å². The van der Waals surface area contributed by atoms with Gasteiger partial charge in [0.25, 0.3) is 0 Å². The molecule has 3 aromatic rings.